The first-order chi connectivity index (χ1) is 10.2. The van der Waals surface area contributed by atoms with Crippen molar-refractivity contribution in [1.29, 1.82) is 0 Å². The van der Waals surface area contributed by atoms with Crippen molar-refractivity contribution in [3.05, 3.63) is 58.1 Å². The Labute approximate surface area is 133 Å². The van der Waals surface area contributed by atoms with Crippen molar-refractivity contribution >= 4 is 34.2 Å². The number of halogens is 2. The Morgan fingerprint density at radius 3 is 2.76 bits per heavy atom. The van der Waals surface area contributed by atoms with Gasteiger partial charge in [0.2, 0.25) is 0 Å². The van der Waals surface area contributed by atoms with E-state index in [0.717, 1.165) is 35.3 Å². The number of fused-ring (bicyclic) bond motifs is 1. The molecule has 0 saturated carbocycles. The number of rotatable bonds is 4. The van der Waals surface area contributed by atoms with Gasteiger partial charge in [-0.2, -0.15) is 0 Å². The molecular formula is C16H15Cl2N3. The van der Waals surface area contributed by atoms with Gasteiger partial charge in [0.1, 0.15) is 11.0 Å². The molecule has 0 N–H and O–H groups in total. The van der Waals surface area contributed by atoms with E-state index in [1.807, 2.05) is 18.2 Å². The molecule has 21 heavy (non-hydrogen) atoms. The molecule has 3 rings (SSSR count). The number of pyridine rings is 1. The quantitative estimate of drug-likeness (QED) is 0.650. The maximum atomic E-state index is 6.27. The molecular weight excluding hydrogens is 305 g/mol. The van der Waals surface area contributed by atoms with Gasteiger partial charge in [-0.15, -0.1) is 0 Å². The second-order valence-corrected chi connectivity index (χ2v) is 5.75. The molecule has 0 saturated heterocycles. The summed E-state index contributed by atoms with van der Waals surface area (Å²) in [6, 6.07) is 9.83. The molecule has 1 aromatic carbocycles. The van der Waals surface area contributed by atoms with Crippen molar-refractivity contribution in [3.8, 4) is 0 Å². The Morgan fingerprint density at radius 1 is 1.19 bits per heavy atom. The molecule has 0 atom stereocenters. The summed E-state index contributed by atoms with van der Waals surface area (Å²) >= 11 is 12.1. The maximum Gasteiger partial charge on any atom is 0.130 e. The minimum atomic E-state index is 0.410. The minimum Gasteiger partial charge on any atom is -0.323 e. The van der Waals surface area contributed by atoms with Gasteiger partial charge < -0.3 is 4.57 Å². The Hall–Kier alpha value is -1.58. The highest BCUT2D eigenvalue weighted by Gasteiger charge is 2.12. The predicted octanol–water partition coefficient (Wildman–Crippen LogP) is 4.74. The van der Waals surface area contributed by atoms with Crippen LogP contribution in [0.5, 0.6) is 0 Å². The van der Waals surface area contributed by atoms with Gasteiger partial charge in [0, 0.05) is 18.2 Å². The van der Waals surface area contributed by atoms with Gasteiger partial charge in [-0.3, -0.25) is 0 Å². The third kappa shape index (κ3) is 2.89. The van der Waals surface area contributed by atoms with Crippen molar-refractivity contribution < 1.29 is 0 Å². The van der Waals surface area contributed by atoms with Gasteiger partial charge in [0.05, 0.1) is 22.6 Å². The average Bonchev–Trinajstić information content (AvgIpc) is 2.80. The fraction of sp³-hybridized carbons (Fsp3) is 0.250. The van der Waals surface area contributed by atoms with Crippen LogP contribution in [0.1, 0.15) is 24.7 Å². The summed E-state index contributed by atoms with van der Waals surface area (Å²) in [5.41, 5.74) is 3.08. The second kappa shape index (κ2) is 6.04. The van der Waals surface area contributed by atoms with Crippen molar-refractivity contribution in [2.75, 3.05) is 0 Å². The Bertz CT molecular complexity index is 780. The van der Waals surface area contributed by atoms with E-state index in [-0.39, 0.29) is 0 Å². The second-order valence-electron chi connectivity index (χ2n) is 4.95. The fourth-order valence-corrected chi connectivity index (χ4v) is 2.86. The van der Waals surface area contributed by atoms with E-state index in [2.05, 4.69) is 22.5 Å². The van der Waals surface area contributed by atoms with Crippen LogP contribution in [0.4, 0.5) is 0 Å². The van der Waals surface area contributed by atoms with Crippen LogP contribution in [0.15, 0.2) is 36.5 Å². The van der Waals surface area contributed by atoms with E-state index >= 15 is 0 Å². The van der Waals surface area contributed by atoms with Gasteiger partial charge >= 0.3 is 0 Å². The van der Waals surface area contributed by atoms with Crippen LogP contribution in [0.3, 0.4) is 0 Å². The Morgan fingerprint density at radius 2 is 2.00 bits per heavy atom. The van der Waals surface area contributed by atoms with E-state index in [1.54, 1.807) is 12.3 Å². The average molecular weight is 320 g/mol. The summed E-state index contributed by atoms with van der Waals surface area (Å²) < 4.78 is 2.20. The molecule has 2 heterocycles. The minimum absolute atomic E-state index is 0.410. The number of hydrogen-bond acceptors (Lipinski definition) is 2. The summed E-state index contributed by atoms with van der Waals surface area (Å²) in [5.74, 6) is 1.07. The first-order valence-electron chi connectivity index (χ1n) is 6.93. The third-order valence-electron chi connectivity index (χ3n) is 3.43. The smallest absolute Gasteiger partial charge is 0.130 e. The number of para-hydroxylation sites is 2. The fourth-order valence-electron chi connectivity index (χ4n) is 2.44. The lowest BCUT2D eigenvalue weighted by Gasteiger charge is -2.10. The zero-order valence-corrected chi connectivity index (χ0v) is 13.2. The molecule has 0 amide bonds. The zero-order chi connectivity index (χ0) is 14.8. The van der Waals surface area contributed by atoms with E-state index in [4.69, 9.17) is 28.2 Å². The summed E-state index contributed by atoms with van der Waals surface area (Å²) in [6.07, 6.45) is 3.72. The molecule has 0 unspecified atom stereocenters. The first kappa shape index (κ1) is 14.4. The van der Waals surface area contributed by atoms with Crippen molar-refractivity contribution in [2.24, 2.45) is 0 Å². The lowest BCUT2D eigenvalue weighted by molar-refractivity contribution is 0.720. The van der Waals surface area contributed by atoms with Crippen LogP contribution in [0.2, 0.25) is 10.2 Å². The predicted molar refractivity (Wildman–Crippen MR) is 87.1 cm³/mol. The van der Waals surface area contributed by atoms with Crippen molar-refractivity contribution in [1.82, 2.24) is 14.5 Å². The highest BCUT2D eigenvalue weighted by molar-refractivity contribution is 6.34. The van der Waals surface area contributed by atoms with Crippen LogP contribution in [0, 0.1) is 0 Å². The highest BCUT2D eigenvalue weighted by atomic mass is 35.5. The van der Waals surface area contributed by atoms with Gasteiger partial charge in [0.15, 0.2) is 0 Å². The van der Waals surface area contributed by atoms with Crippen molar-refractivity contribution in [2.45, 2.75) is 26.3 Å². The molecule has 0 spiro atoms. The first-order valence-corrected chi connectivity index (χ1v) is 7.68. The lowest BCUT2D eigenvalue weighted by Crippen LogP contribution is -2.06. The van der Waals surface area contributed by atoms with E-state index in [0.29, 0.717) is 16.7 Å². The summed E-state index contributed by atoms with van der Waals surface area (Å²) in [6.45, 7) is 2.80. The van der Waals surface area contributed by atoms with Crippen LogP contribution in [0.25, 0.3) is 11.0 Å². The van der Waals surface area contributed by atoms with Gasteiger partial charge in [-0.05, 0) is 24.6 Å². The number of imidazole rings is 1. The summed E-state index contributed by atoms with van der Waals surface area (Å²) in [7, 11) is 0. The zero-order valence-electron chi connectivity index (χ0n) is 11.7. The lowest BCUT2D eigenvalue weighted by atomic mass is 10.2. The molecule has 0 radical (unpaired) electrons. The van der Waals surface area contributed by atoms with Gasteiger partial charge in [0.25, 0.3) is 0 Å². The number of aromatic nitrogens is 3. The SMILES string of the molecule is CCCc1nc2ccccc2n1Cc1cnc(Cl)cc1Cl. The standard InChI is InChI=1S/C16H15Cl2N3/c1-2-5-16-20-13-6-3-4-7-14(13)21(16)10-11-9-19-15(18)8-12(11)17/h3-4,6-9H,2,5,10H2,1H3. The van der Waals surface area contributed by atoms with E-state index in [9.17, 15) is 0 Å². The Balaban J connectivity index is 2.07. The monoisotopic (exact) mass is 319 g/mol. The van der Waals surface area contributed by atoms with Gasteiger partial charge in [-0.1, -0.05) is 42.3 Å². The number of hydrogen-bond donors (Lipinski definition) is 0. The molecule has 0 aliphatic rings. The summed E-state index contributed by atoms with van der Waals surface area (Å²) in [4.78, 5) is 8.84. The van der Waals surface area contributed by atoms with Crippen LogP contribution >= 0.6 is 23.2 Å². The topological polar surface area (TPSA) is 30.7 Å². The van der Waals surface area contributed by atoms with Crippen molar-refractivity contribution in [3.63, 3.8) is 0 Å². The molecule has 0 aliphatic heterocycles. The number of nitrogens with zero attached hydrogens (tertiary/aromatic N) is 3. The largest absolute Gasteiger partial charge is 0.323 e. The molecule has 5 heteroatoms. The molecule has 0 bridgehead atoms. The molecule has 3 aromatic rings. The molecule has 3 nitrogen and oxygen atoms in total. The maximum absolute atomic E-state index is 6.27. The molecule has 0 aliphatic carbocycles. The van der Waals surface area contributed by atoms with Crippen LogP contribution in [-0.4, -0.2) is 14.5 Å². The van der Waals surface area contributed by atoms with Gasteiger partial charge in [-0.25, -0.2) is 9.97 Å². The van der Waals surface area contributed by atoms with Crippen LogP contribution < -0.4 is 0 Å². The van der Waals surface area contributed by atoms with E-state index < -0.39 is 0 Å². The molecule has 108 valence electrons. The number of benzene rings is 1. The van der Waals surface area contributed by atoms with E-state index in [1.165, 1.54) is 0 Å². The Kier molecular flexibility index (Phi) is 4.13. The highest BCUT2D eigenvalue weighted by Crippen LogP contribution is 2.23. The van der Waals surface area contributed by atoms with Crippen LogP contribution in [-0.2, 0) is 13.0 Å². The molecule has 2 aromatic heterocycles. The molecule has 0 fully saturated rings. The summed E-state index contributed by atoms with van der Waals surface area (Å²) in [5, 5.41) is 1.04. The normalized spacial score (nSPS) is 11.2. The number of aryl methyl sites for hydroxylation is 1. The third-order valence-corrected chi connectivity index (χ3v) is 3.99.